The van der Waals surface area contributed by atoms with Crippen LogP contribution < -0.4 is 4.72 Å². The number of hydrogen-bond acceptors (Lipinski definition) is 5. The Morgan fingerprint density at radius 1 is 1.27 bits per heavy atom. The molecular formula is C17H18N4O3S2. The molecule has 1 aromatic carbocycles. The van der Waals surface area contributed by atoms with Crippen molar-refractivity contribution < 1.29 is 13.2 Å². The molecule has 26 heavy (non-hydrogen) atoms. The molecule has 0 unspecified atom stereocenters. The second kappa shape index (κ2) is 6.82. The normalized spacial score (nSPS) is 16.2. The van der Waals surface area contributed by atoms with Gasteiger partial charge in [0.1, 0.15) is 4.21 Å². The number of piperidine rings is 1. The van der Waals surface area contributed by atoms with Gasteiger partial charge in [-0.05, 0) is 42.5 Å². The molecule has 1 amide bonds. The second-order valence-electron chi connectivity index (χ2n) is 6.25. The Kier molecular flexibility index (Phi) is 4.51. The van der Waals surface area contributed by atoms with Gasteiger partial charge < -0.3 is 9.88 Å². The van der Waals surface area contributed by atoms with Crippen molar-refractivity contribution in [1.29, 1.82) is 0 Å². The number of fused-ring (bicyclic) bond motifs is 1. The number of amides is 1. The maximum Gasteiger partial charge on any atom is 0.253 e. The van der Waals surface area contributed by atoms with Gasteiger partial charge in [-0.25, -0.2) is 18.1 Å². The molecule has 2 aromatic heterocycles. The molecule has 1 aliphatic rings. The van der Waals surface area contributed by atoms with Crippen molar-refractivity contribution in [3.8, 4) is 0 Å². The molecule has 0 radical (unpaired) electrons. The highest BCUT2D eigenvalue weighted by Gasteiger charge is 2.27. The largest absolute Gasteiger partial charge is 0.345 e. The predicted octanol–water partition coefficient (Wildman–Crippen LogP) is 2.21. The number of hydrogen-bond donors (Lipinski definition) is 2. The van der Waals surface area contributed by atoms with Crippen LogP contribution in [0.2, 0.25) is 0 Å². The zero-order chi connectivity index (χ0) is 18.1. The Balaban J connectivity index is 1.39. The van der Waals surface area contributed by atoms with Crippen LogP contribution in [0.25, 0.3) is 11.0 Å². The van der Waals surface area contributed by atoms with E-state index in [-0.39, 0.29) is 11.9 Å². The summed E-state index contributed by atoms with van der Waals surface area (Å²) < 4.78 is 27.7. The van der Waals surface area contributed by atoms with Crippen LogP contribution in [0, 0.1) is 0 Å². The molecule has 3 aromatic rings. The maximum absolute atomic E-state index is 12.7. The van der Waals surface area contributed by atoms with Crippen LogP contribution in [0.4, 0.5) is 0 Å². The number of H-pyrrole nitrogens is 1. The number of nitrogens with zero attached hydrogens (tertiary/aromatic N) is 2. The van der Waals surface area contributed by atoms with Crippen molar-refractivity contribution in [2.75, 3.05) is 13.1 Å². The minimum absolute atomic E-state index is 0.0407. The van der Waals surface area contributed by atoms with Gasteiger partial charge in [-0.3, -0.25) is 4.79 Å². The number of rotatable bonds is 4. The third-order valence-corrected chi connectivity index (χ3v) is 7.45. The first-order chi connectivity index (χ1) is 12.5. The van der Waals surface area contributed by atoms with Crippen LogP contribution >= 0.6 is 11.3 Å². The quantitative estimate of drug-likeness (QED) is 0.714. The summed E-state index contributed by atoms with van der Waals surface area (Å²) >= 11 is 1.20. The fourth-order valence-corrected chi connectivity index (χ4v) is 5.46. The predicted molar refractivity (Wildman–Crippen MR) is 99.7 cm³/mol. The minimum Gasteiger partial charge on any atom is -0.345 e. The summed E-state index contributed by atoms with van der Waals surface area (Å²) in [7, 11) is -3.47. The van der Waals surface area contributed by atoms with Gasteiger partial charge in [0.05, 0.1) is 17.4 Å². The number of nitrogens with one attached hydrogen (secondary N) is 2. The minimum atomic E-state index is -3.47. The summed E-state index contributed by atoms with van der Waals surface area (Å²) in [5.74, 6) is -0.0407. The highest BCUT2D eigenvalue weighted by atomic mass is 32.2. The SMILES string of the molecule is O=C(c1ccc2nc[nH]c2c1)N1CCC(NS(=O)(=O)c2cccs2)CC1. The van der Waals surface area contributed by atoms with E-state index in [1.165, 1.54) is 11.3 Å². The third-order valence-electron chi connectivity index (χ3n) is 4.53. The third kappa shape index (κ3) is 3.37. The van der Waals surface area contributed by atoms with E-state index in [4.69, 9.17) is 0 Å². The van der Waals surface area contributed by atoms with E-state index < -0.39 is 10.0 Å². The number of sulfonamides is 1. The van der Waals surface area contributed by atoms with Gasteiger partial charge in [0, 0.05) is 24.7 Å². The van der Waals surface area contributed by atoms with Crippen LogP contribution in [0.3, 0.4) is 0 Å². The number of thiophene rings is 1. The van der Waals surface area contributed by atoms with E-state index in [0.717, 1.165) is 11.0 Å². The molecule has 136 valence electrons. The summed E-state index contributed by atoms with van der Waals surface area (Å²) in [5, 5.41) is 1.74. The lowest BCUT2D eigenvalue weighted by Crippen LogP contribution is -2.46. The summed E-state index contributed by atoms with van der Waals surface area (Å²) in [5.41, 5.74) is 2.26. The average molecular weight is 390 g/mol. The molecule has 2 N–H and O–H groups in total. The van der Waals surface area contributed by atoms with Gasteiger partial charge >= 0.3 is 0 Å². The summed E-state index contributed by atoms with van der Waals surface area (Å²) in [4.78, 5) is 21.6. The van der Waals surface area contributed by atoms with E-state index in [0.29, 0.717) is 35.7 Å². The fraction of sp³-hybridized carbons (Fsp3) is 0.294. The number of benzene rings is 1. The first kappa shape index (κ1) is 17.2. The van der Waals surface area contributed by atoms with Crippen molar-refractivity contribution in [3.05, 3.63) is 47.6 Å². The Labute approximate surface area is 155 Å². The van der Waals surface area contributed by atoms with Crippen molar-refractivity contribution in [2.24, 2.45) is 0 Å². The summed E-state index contributed by atoms with van der Waals surface area (Å²) in [6.45, 7) is 1.05. The maximum atomic E-state index is 12.7. The molecule has 0 spiro atoms. The summed E-state index contributed by atoms with van der Waals surface area (Å²) in [6.07, 6.45) is 2.80. The molecule has 1 fully saturated rings. The van der Waals surface area contributed by atoms with E-state index in [1.54, 1.807) is 40.9 Å². The Bertz CT molecular complexity index is 1020. The molecule has 0 aliphatic carbocycles. The number of carbonyl (C=O) groups excluding carboxylic acids is 1. The second-order valence-corrected chi connectivity index (χ2v) is 9.14. The molecule has 0 saturated carbocycles. The lowest BCUT2D eigenvalue weighted by Gasteiger charge is -2.32. The molecule has 3 heterocycles. The molecule has 1 saturated heterocycles. The van der Waals surface area contributed by atoms with Crippen molar-refractivity contribution in [2.45, 2.75) is 23.1 Å². The lowest BCUT2D eigenvalue weighted by molar-refractivity contribution is 0.0711. The molecule has 0 atom stereocenters. The summed E-state index contributed by atoms with van der Waals surface area (Å²) in [6, 6.07) is 8.56. The van der Waals surface area contributed by atoms with E-state index >= 15 is 0 Å². The first-order valence-corrected chi connectivity index (χ1v) is 10.7. The van der Waals surface area contributed by atoms with Crippen LogP contribution in [-0.2, 0) is 10.0 Å². The number of aromatic nitrogens is 2. The number of carbonyl (C=O) groups is 1. The Hall–Kier alpha value is -2.23. The fourth-order valence-electron chi connectivity index (χ4n) is 3.15. The monoisotopic (exact) mass is 390 g/mol. The van der Waals surface area contributed by atoms with Gasteiger partial charge in [-0.2, -0.15) is 0 Å². The smallest absolute Gasteiger partial charge is 0.253 e. The number of likely N-dealkylation sites (tertiary alicyclic amines) is 1. The number of imidazole rings is 1. The van der Waals surface area contributed by atoms with Crippen LogP contribution in [0.15, 0.2) is 46.2 Å². The van der Waals surface area contributed by atoms with E-state index in [2.05, 4.69) is 14.7 Å². The number of aromatic amines is 1. The van der Waals surface area contributed by atoms with E-state index in [1.807, 2.05) is 6.07 Å². The van der Waals surface area contributed by atoms with E-state index in [9.17, 15) is 13.2 Å². The average Bonchev–Trinajstić information content (AvgIpc) is 3.33. The molecule has 9 heteroatoms. The zero-order valence-corrected chi connectivity index (χ0v) is 15.5. The van der Waals surface area contributed by atoms with Crippen LogP contribution in [0.1, 0.15) is 23.2 Å². The Morgan fingerprint density at radius 2 is 2.08 bits per heavy atom. The van der Waals surface area contributed by atoms with Crippen LogP contribution in [-0.4, -0.2) is 48.3 Å². The molecule has 1 aliphatic heterocycles. The van der Waals surface area contributed by atoms with Crippen LogP contribution in [0.5, 0.6) is 0 Å². The molecule has 0 bridgehead atoms. The van der Waals surface area contributed by atoms with Crippen molar-refractivity contribution in [3.63, 3.8) is 0 Å². The van der Waals surface area contributed by atoms with Gasteiger partial charge in [0.15, 0.2) is 0 Å². The van der Waals surface area contributed by atoms with Crippen molar-refractivity contribution in [1.82, 2.24) is 19.6 Å². The zero-order valence-electron chi connectivity index (χ0n) is 13.9. The standard InChI is InChI=1S/C17H18N4O3S2/c22-17(12-3-4-14-15(10-12)19-11-18-14)21-7-5-13(6-8-21)20-26(23,24)16-2-1-9-25-16/h1-4,9-11,13,20H,5-8H2,(H,18,19). The highest BCUT2D eigenvalue weighted by molar-refractivity contribution is 7.91. The topological polar surface area (TPSA) is 95.2 Å². The lowest BCUT2D eigenvalue weighted by atomic mass is 10.0. The Morgan fingerprint density at radius 3 is 2.81 bits per heavy atom. The molecule has 4 rings (SSSR count). The molecular weight excluding hydrogens is 372 g/mol. The highest BCUT2D eigenvalue weighted by Crippen LogP contribution is 2.20. The molecule has 7 nitrogen and oxygen atoms in total. The van der Waals surface area contributed by atoms with Gasteiger partial charge in [0.25, 0.3) is 5.91 Å². The van der Waals surface area contributed by atoms with Gasteiger partial charge in [-0.1, -0.05) is 6.07 Å². The first-order valence-electron chi connectivity index (χ1n) is 8.31. The van der Waals surface area contributed by atoms with Crippen molar-refractivity contribution >= 4 is 38.3 Å². The van der Waals surface area contributed by atoms with Gasteiger partial charge in [0.2, 0.25) is 10.0 Å². The van der Waals surface area contributed by atoms with Gasteiger partial charge in [-0.15, -0.1) is 11.3 Å².